The number of ether oxygens (including phenoxy) is 1. The van der Waals surface area contributed by atoms with Crippen LogP contribution >= 0.6 is 11.6 Å². The van der Waals surface area contributed by atoms with Gasteiger partial charge in [-0.1, -0.05) is 49.7 Å². The number of carbonyl (C=O) groups is 1. The van der Waals surface area contributed by atoms with E-state index in [0.29, 0.717) is 22.3 Å². The fourth-order valence-corrected chi connectivity index (χ4v) is 2.21. The molecule has 0 bridgehead atoms. The molecule has 0 fully saturated rings. The van der Waals surface area contributed by atoms with E-state index in [1.807, 2.05) is 24.3 Å². The van der Waals surface area contributed by atoms with Gasteiger partial charge < -0.3 is 4.74 Å². The Hall–Kier alpha value is -1.80. The van der Waals surface area contributed by atoms with Crippen LogP contribution in [0.15, 0.2) is 48.5 Å². The molecule has 0 saturated carbocycles. The fraction of sp³-hybridized carbons (Fsp3) is 0.278. The highest BCUT2D eigenvalue weighted by atomic mass is 35.5. The van der Waals surface area contributed by atoms with Crippen molar-refractivity contribution >= 4 is 17.4 Å². The van der Waals surface area contributed by atoms with E-state index in [2.05, 4.69) is 13.8 Å². The molecule has 0 heterocycles. The van der Waals surface area contributed by atoms with Crippen LogP contribution in [0.4, 0.5) is 0 Å². The van der Waals surface area contributed by atoms with Gasteiger partial charge in [0, 0.05) is 10.6 Å². The molecule has 0 aliphatic carbocycles. The van der Waals surface area contributed by atoms with Gasteiger partial charge in [-0.2, -0.15) is 0 Å². The van der Waals surface area contributed by atoms with Crippen molar-refractivity contribution in [2.45, 2.75) is 26.2 Å². The van der Waals surface area contributed by atoms with E-state index in [9.17, 15) is 4.79 Å². The molecule has 2 rings (SSSR count). The van der Waals surface area contributed by atoms with Crippen LogP contribution in [0.25, 0.3) is 0 Å². The van der Waals surface area contributed by atoms with Crippen LogP contribution in [0.1, 0.15) is 42.1 Å². The van der Waals surface area contributed by atoms with E-state index in [4.69, 9.17) is 16.3 Å². The van der Waals surface area contributed by atoms with Gasteiger partial charge in [0.15, 0.2) is 12.4 Å². The van der Waals surface area contributed by atoms with E-state index in [0.717, 1.165) is 6.42 Å². The van der Waals surface area contributed by atoms with Crippen molar-refractivity contribution in [3.05, 3.63) is 64.7 Å². The van der Waals surface area contributed by atoms with Crippen molar-refractivity contribution in [2.75, 3.05) is 6.61 Å². The third-order valence-corrected chi connectivity index (χ3v) is 3.81. The average Bonchev–Trinajstić information content (AvgIpc) is 2.52. The minimum absolute atomic E-state index is 0.0169. The van der Waals surface area contributed by atoms with E-state index in [1.165, 1.54) is 5.56 Å². The largest absolute Gasteiger partial charge is 0.485 e. The molecule has 0 aliphatic heterocycles. The summed E-state index contributed by atoms with van der Waals surface area (Å²) in [5.74, 6) is 1.16. The standard InChI is InChI=1S/C18H19ClO2/c1-3-13(2)14-7-9-17(10-8-14)21-12-18(20)15-5-4-6-16(19)11-15/h4-11,13H,3,12H2,1-2H3. The summed E-state index contributed by atoms with van der Waals surface area (Å²) < 4.78 is 5.54. The molecule has 2 aromatic carbocycles. The first-order chi connectivity index (χ1) is 10.1. The van der Waals surface area contributed by atoms with Crippen LogP contribution < -0.4 is 4.74 Å². The number of Topliss-reactive ketones (excluding diaryl/α,β-unsaturated/α-hetero) is 1. The lowest BCUT2D eigenvalue weighted by Gasteiger charge is -2.10. The number of benzene rings is 2. The lowest BCUT2D eigenvalue weighted by molar-refractivity contribution is 0.0921. The van der Waals surface area contributed by atoms with E-state index in [1.54, 1.807) is 24.3 Å². The quantitative estimate of drug-likeness (QED) is 0.693. The van der Waals surface area contributed by atoms with Gasteiger partial charge in [0.2, 0.25) is 0 Å². The summed E-state index contributed by atoms with van der Waals surface area (Å²) in [5.41, 5.74) is 1.85. The third kappa shape index (κ3) is 4.33. The minimum atomic E-state index is -0.0801. The number of halogens is 1. The fourth-order valence-electron chi connectivity index (χ4n) is 2.02. The number of rotatable bonds is 6. The molecule has 2 nitrogen and oxygen atoms in total. The maximum Gasteiger partial charge on any atom is 0.200 e. The van der Waals surface area contributed by atoms with Crippen molar-refractivity contribution < 1.29 is 9.53 Å². The molecule has 0 aromatic heterocycles. The highest BCUT2D eigenvalue weighted by Gasteiger charge is 2.08. The number of ketones is 1. The lowest BCUT2D eigenvalue weighted by Crippen LogP contribution is -2.11. The summed E-state index contributed by atoms with van der Waals surface area (Å²) in [4.78, 5) is 12.0. The minimum Gasteiger partial charge on any atom is -0.485 e. The number of hydrogen-bond acceptors (Lipinski definition) is 2. The Morgan fingerprint density at radius 3 is 2.52 bits per heavy atom. The molecular weight excluding hydrogens is 284 g/mol. The van der Waals surface area contributed by atoms with Crippen molar-refractivity contribution in [1.29, 1.82) is 0 Å². The second-order valence-electron chi connectivity index (χ2n) is 5.10. The summed E-state index contributed by atoms with van der Waals surface area (Å²) in [7, 11) is 0. The van der Waals surface area contributed by atoms with Crippen LogP contribution in [0.2, 0.25) is 5.02 Å². The molecule has 0 saturated heterocycles. The smallest absolute Gasteiger partial charge is 0.200 e. The Bertz CT molecular complexity index is 605. The normalized spacial score (nSPS) is 12.0. The zero-order valence-corrected chi connectivity index (χ0v) is 13.1. The second-order valence-corrected chi connectivity index (χ2v) is 5.54. The monoisotopic (exact) mass is 302 g/mol. The molecule has 0 radical (unpaired) electrons. The number of carbonyl (C=O) groups excluding carboxylic acids is 1. The van der Waals surface area contributed by atoms with Crippen molar-refractivity contribution in [3.8, 4) is 5.75 Å². The molecule has 3 heteroatoms. The maximum absolute atomic E-state index is 12.0. The Kier molecular flexibility index (Phi) is 5.40. The Morgan fingerprint density at radius 1 is 1.19 bits per heavy atom. The first-order valence-corrected chi connectivity index (χ1v) is 7.49. The van der Waals surface area contributed by atoms with Gasteiger partial charge >= 0.3 is 0 Å². The predicted molar refractivity (Wildman–Crippen MR) is 86.4 cm³/mol. The lowest BCUT2D eigenvalue weighted by atomic mass is 9.99. The van der Waals surface area contributed by atoms with Crippen LogP contribution in [0, 0.1) is 0 Å². The van der Waals surface area contributed by atoms with Gasteiger partial charge in [-0.05, 0) is 42.2 Å². The van der Waals surface area contributed by atoms with E-state index < -0.39 is 0 Å². The summed E-state index contributed by atoms with van der Waals surface area (Å²) in [5, 5.41) is 0.554. The summed E-state index contributed by atoms with van der Waals surface area (Å²) in [6, 6.07) is 14.8. The molecule has 1 atom stereocenters. The van der Waals surface area contributed by atoms with Gasteiger partial charge in [0.25, 0.3) is 0 Å². The highest BCUT2D eigenvalue weighted by molar-refractivity contribution is 6.31. The van der Waals surface area contributed by atoms with Gasteiger partial charge in [0.05, 0.1) is 0 Å². The zero-order chi connectivity index (χ0) is 15.2. The topological polar surface area (TPSA) is 26.3 Å². The molecule has 21 heavy (non-hydrogen) atoms. The summed E-state index contributed by atoms with van der Waals surface area (Å²) in [6.45, 7) is 4.38. The first-order valence-electron chi connectivity index (χ1n) is 7.11. The van der Waals surface area contributed by atoms with Gasteiger partial charge in [-0.15, -0.1) is 0 Å². The molecular formula is C18H19ClO2. The molecule has 1 unspecified atom stereocenters. The van der Waals surface area contributed by atoms with Gasteiger partial charge in [0.1, 0.15) is 5.75 Å². The Labute approximate surface area is 130 Å². The molecule has 0 aliphatic rings. The van der Waals surface area contributed by atoms with Gasteiger partial charge in [-0.25, -0.2) is 0 Å². The van der Waals surface area contributed by atoms with Crippen LogP contribution in [0.5, 0.6) is 5.75 Å². The molecule has 0 N–H and O–H groups in total. The van der Waals surface area contributed by atoms with Gasteiger partial charge in [-0.3, -0.25) is 4.79 Å². The Balaban J connectivity index is 1.95. The Morgan fingerprint density at radius 2 is 1.90 bits per heavy atom. The molecule has 0 spiro atoms. The summed E-state index contributed by atoms with van der Waals surface area (Å²) in [6.07, 6.45) is 1.10. The second kappa shape index (κ2) is 7.28. The van der Waals surface area contributed by atoms with Crippen LogP contribution in [-0.4, -0.2) is 12.4 Å². The number of hydrogen-bond donors (Lipinski definition) is 0. The SMILES string of the molecule is CCC(C)c1ccc(OCC(=O)c2cccc(Cl)c2)cc1. The molecule has 2 aromatic rings. The molecule has 110 valence electrons. The van der Waals surface area contributed by atoms with E-state index in [-0.39, 0.29) is 12.4 Å². The highest BCUT2D eigenvalue weighted by Crippen LogP contribution is 2.21. The van der Waals surface area contributed by atoms with Crippen molar-refractivity contribution in [1.82, 2.24) is 0 Å². The van der Waals surface area contributed by atoms with E-state index >= 15 is 0 Å². The first kappa shape index (κ1) is 15.6. The average molecular weight is 303 g/mol. The maximum atomic E-state index is 12.0. The third-order valence-electron chi connectivity index (χ3n) is 3.58. The van der Waals surface area contributed by atoms with Crippen LogP contribution in [-0.2, 0) is 0 Å². The van der Waals surface area contributed by atoms with Crippen LogP contribution in [0.3, 0.4) is 0 Å². The predicted octanol–water partition coefficient (Wildman–Crippen LogP) is 5.12. The van der Waals surface area contributed by atoms with Crippen molar-refractivity contribution in [2.24, 2.45) is 0 Å². The van der Waals surface area contributed by atoms with Crippen molar-refractivity contribution in [3.63, 3.8) is 0 Å². The molecule has 0 amide bonds. The summed E-state index contributed by atoms with van der Waals surface area (Å²) >= 11 is 5.87. The zero-order valence-electron chi connectivity index (χ0n) is 12.3.